The van der Waals surface area contributed by atoms with Crippen molar-refractivity contribution in [3.63, 3.8) is 0 Å². The Morgan fingerprint density at radius 3 is 2.85 bits per heavy atom. The highest BCUT2D eigenvalue weighted by molar-refractivity contribution is 6.33. The lowest BCUT2D eigenvalue weighted by Gasteiger charge is -2.14. The highest BCUT2D eigenvalue weighted by Gasteiger charge is 2.28. The van der Waals surface area contributed by atoms with E-state index in [9.17, 15) is 14.9 Å². The van der Waals surface area contributed by atoms with Crippen LogP contribution in [0.3, 0.4) is 0 Å². The number of hydrogen-bond donors (Lipinski definition) is 2. The zero-order valence-corrected chi connectivity index (χ0v) is 11.3. The molecule has 1 aromatic carbocycles. The molecule has 0 bridgehead atoms. The molecule has 1 aliphatic heterocycles. The molecule has 2 atom stereocenters. The molecule has 1 heterocycles. The number of halogens is 1. The van der Waals surface area contributed by atoms with E-state index in [1.54, 1.807) is 6.07 Å². The molecule has 1 aromatic rings. The fourth-order valence-corrected chi connectivity index (χ4v) is 2.29. The van der Waals surface area contributed by atoms with Gasteiger partial charge in [0.2, 0.25) is 5.91 Å². The number of ether oxygens (including phenoxy) is 1. The SMILES string of the molecule is NC(=O)C1CCC(CNc2ccc([N+](=O)[O-])cc2Cl)O1. The second kappa shape index (κ2) is 6.06. The second-order valence-electron chi connectivity index (χ2n) is 4.53. The molecule has 0 radical (unpaired) electrons. The van der Waals surface area contributed by atoms with Gasteiger partial charge in [0.15, 0.2) is 0 Å². The van der Waals surface area contributed by atoms with Crippen molar-refractivity contribution in [2.24, 2.45) is 5.73 Å². The van der Waals surface area contributed by atoms with Crippen LogP contribution in [0.4, 0.5) is 11.4 Å². The first-order valence-corrected chi connectivity index (χ1v) is 6.47. The summed E-state index contributed by atoms with van der Waals surface area (Å²) in [6.45, 7) is 0.460. The summed E-state index contributed by atoms with van der Waals surface area (Å²) in [7, 11) is 0. The van der Waals surface area contributed by atoms with Crippen molar-refractivity contribution in [3.8, 4) is 0 Å². The minimum atomic E-state index is -0.533. The fraction of sp³-hybridized carbons (Fsp3) is 0.417. The number of benzene rings is 1. The Kier molecular flexibility index (Phi) is 4.41. The summed E-state index contributed by atoms with van der Waals surface area (Å²) in [5.74, 6) is -0.458. The number of nitrogens with one attached hydrogen (secondary N) is 1. The molecule has 1 fully saturated rings. The van der Waals surface area contributed by atoms with Gasteiger partial charge in [-0.3, -0.25) is 14.9 Å². The van der Waals surface area contributed by atoms with Crippen molar-refractivity contribution < 1.29 is 14.5 Å². The number of rotatable bonds is 5. The zero-order chi connectivity index (χ0) is 14.7. The molecule has 2 rings (SSSR count). The van der Waals surface area contributed by atoms with Gasteiger partial charge in [-0.15, -0.1) is 0 Å². The Bertz CT molecular complexity index is 537. The molecule has 0 spiro atoms. The van der Waals surface area contributed by atoms with Crippen LogP contribution in [0.2, 0.25) is 5.02 Å². The number of non-ortho nitro benzene ring substituents is 1. The van der Waals surface area contributed by atoms with Gasteiger partial charge in [-0.25, -0.2) is 0 Å². The molecule has 3 N–H and O–H groups in total. The van der Waals surface area contributed by atoms with Crippen molar-refractivity contribution in [1.82, 2.24) is 0 Å². The molecule has 1 amide bonds. The lowest BCUT2D eigenvalue weighted by atomic mass is 10.2. The van der Waals surface area contributed by atoms with E-state index in [1.807, 2.05) is 0 Å². The number of primary amides is 1. The van der Waals surface area contributed by atoms with Crippen molar-refractivity contribution in [1.29, 1.82) is 0 Å². The van der Waals surface area contributed by atoms with E-state index in [0.717, 1.165) is 6.42 Å². The Morgan fingerprint density at radius 1 is 1.55 bits per heavy atom. The van der Waals surface area contributed by atoms with Crippen LogP contribution in [-0.4, -0.2) is 29.6 Å². The summed E-state index contributed by atoms with van der Waals surface area (Å²) in [5.41, 5.74) is 5.69. The third-order valence-electron chi connectivity index (χ3n) is 3.11. The summed E-state index contributed by atoms with van der Waals surface area (Å²) in [6.07, 6.45) is 0.675. The molecular weight excluding hydrogens is 286 g/mol. The summed E-state index contributed by atoms with van der Waals surface area (Å²) < 4.78 is 5.46. The Hall–Kier alpha value is -1.86. The summed E-state index contributed by atoms with van der Waals surface area (Å²) in [6, 6.07) is 4.20. The van der Waals surface area contributed by atoms with Crippen LogP contribution in [0.15, 0.2) is 18.2 Å². The van der Waals surface area contributed by atoms with Crippen LogP contribution in [0.5, 0.6) is 0 Å². The van der Waals surface area contributed by atoms with Crippen LogP contribution in [0.25, 0.3) is 0 Å². The maximum Gasteiger partial charge on any atom is 0.271 e. The van der Waals surface area contributed by atoms with Gasteiger partial charge in [-0.1, -0.05) is 11.6 Å². The molecule has 0 aliphatic carbocycles. The number of hydrogen-bond acceptors (Lipinski definition) is 5. The van der Waals surface area contributed by atoms with Crippen molar-refractivity contribution >= 4 is 28.9 Å². The van der Waals surface area contributed by atoms with Crippen molar-refractivity contribution in [3.05, 3.63) is 33.3 Å². The third-order valence-corrected chi connectivity index (χ3v) is 3.42. The molecule has 0 aromatic heterocycles. The Labute approximate surface area is 120 Å². The van der Waals surface area contributed by atoms with Crippen LogP contribution < -0.4 is 11.1 Å². The highest BCUT2D eigenvalue weighted by atomic mass is 35.5. The van der Waals surface area contributed by atoms with Gasteiger partial charge in [0.25, 0.3) is 5.69 Å². The first kappa shape index (κ1) is 14.5. The maximum absolute atomic E-state index is 11.0. The Morgan fingerprint density at radius 2 is 2.30 bits per heavy atom. The first-order chi connectivity index (χ1) is 9.47. The van der Waals surface area contributed by atoms with E-state index in [1.165, 1.54) is 12.1 Å². The Balaban J connectivity index is 1.92. The van der Waals surface area contributed by atoms with E-state index in [-0.39, 0.29) is 16.8 Å². The standard InChI is InChI=1S/C12H14ClN3O4/c13-9-5-7(16(18)19)1-3-10(9)15-6-8-2-4-11(20-8)12(14)17/h1,3,5,8,11,15H,2,4,6H2,(H2,14,17). The minimum Gasteiger partial charge on any atom is -0.381 e. The van der Waals surface area contributed by atoms with Crippen LogP contribution in [0, 0.1) is 10.1 Å². The first-order valence-electron chi connectivity index (χ1n) is 6.10. The molecule has 0 saturated carbocycles. The van der Waals surface area contributed by atoms with Gasteiger partial charge >= 0.3 is 0 Å². The topological polar surface area (TPSA) is 107 Å². The predicted molar refractivity (Wildman–Crippen MR) is 73.7 cm³/mol. The highest BCUT2D eigenvalue weighted by Crippen LogP contribution is 2.27. The summed E-state index contributed by atoms with van der Waals surface area (Å²) >= 11 is 5.96. The number of anilines is 1. The molecule has 8 heteroatoms. The van der Waals surface area contributed by atoms with Crippen molar-refractivity contribution in [2.45, 2.75) is 25.0 Å². The lowest BCUT2D eigenvalue weighted by molar-refractivity contribution is -0.384. The van der Waals surface area contributed by atoms with E-state index in [0.29, 0.717) is 18.7 Å². The fourth-order valence-electron chi connectivity index (χ4n) is 2.05. The second-order valence-corrected chi connectivity index (χ2v) is 4.94. The molecule has 1 aliphatic rings. The van der Waals surface area contributed by atoms with Gasteiger partial charge in [0.1, 0.15) is 6.10 Å². The quantitative estimate of drug-likeness (QED) is 0.635. The molecule has 108 valence electrons. The summed E-state index contributed by atoms with van der Waals surface area (Å²) in [5, 5.41) is 13.9. The van der Waals surface area contributed by atoms with E-state index in [4.69, 9.17) is 22.1 Å². The van der Waals surface area contributed by atoms with Crippen LogP contribution in [-0.2, 0) is 9.53 Å². The number of nitrogens with two attached hydrogens (primary N) is 1. The monoisotopic (exact) mass is 299 g/mol. The number of nitrogens with zero attached hydrogens (tertiary/aromatic N) is 1. The van der Waals surface area contributed by atoms with Gasteiger partial charge in [-0.05, 0) is 18.9 Å². The van der Waals surface area contributed by atoms with Gasteiger partial charge in [0.05, 0.1) is 21.7 Å². The number of carbonyl (C=O) groups is 1. The lowest BCUT2D eigenvalue weighted by Crippen LogP contribution is -2.30. The van der Waals surface area contributed by atoms with E-state index >= 15 is 0 Å². The van der Waals surface area contributed by atoms with Gasteiger partial charge in [-0.2, -0.15) is 0 Å². The average Bonchev–Trinajstić information content (AvgIpc) is 2.86. The number of nitro benzene ring substituents is 1. The van der Waals surface area contributed by atoms with Crippen LogP contribution in [0.1, 0.15) is 12.8 Å². The normalized spacial score (nSPS) is 21.6. The molecule has 2 unspecified atom stereocenters. The molecule has 7 nitrogen and oxygen atoms in total. The molecule has 1 saturated heterocycles. The maximum atomic E-state index is 11.0. The van der Waals surface area contributed by atoms with Gasteiger partial charge in [0, 0.05) is 18.7 Å². The average molecular weight is 300 g/mol. The number of carbonyl (C=O) groups excluding carboxylic acids is 1. The van der Waals surface area contributed by atoms with Crippen molar-refractivity contribution in [2.75, 3.05) is 11.9 Å². The number of amides is 1. The minimum absolute atomic E-state index is 0.0635. The molecule has 20 heavy (non-hydrogen) atoms. The van der Waals surface area contributed by atoms with E-state index < -0.39 is 16.9 Å². The zero-order valence-electron chi connectivity index (χ0n) is 10.5. The summed E-state index contributed by atoms with van der Waals surface area (Å²) in [4.78, 5) is 21.1. The third kappa shape index (κ3) is 3.37. The predicted octanol–water partition coefficient (Wildman–Crippen LogP) is 1.69. The number of nitro groups is 1. The largest absolute Gasteiger partial charge is 0.381 e. The van der Waals surface area contributed by atoms with Crippen LogP contribution >= 0.6 is 11.6 Å². The van der Waals surface area contributed by atoms with E-state index in [2.05, 4.69) is 5.32 Å². The molecular formula is C12H14ClN3O4. The smallest absolute Gasteiger partial charge is 0.271 e. The van der Waals surface area contributed by atoms with Gasteiger partial charge < -0.3 is 15.8 Å².